The summed E-state index contributed by atoms with van der Waals surface area (Å²) in [4.78, 5) is 16.1. The van der Waals surface area contributed by atoms with Crippen LogP contribution in [-0.4, -0.2) is 10.8 Å². The van der Waals surface area contributed by atoms with Gasteiger partial charge in [0.15, 0.2) is 5.13 Å². The molecule has 0 fully saturated rings. The number of aryl methyl sites for hydroxylation is 1. The predicted molar refractivity (Wildman–Crippen MR) is 75.0 cm³/mol. The van der Waals surface area contributed by atoms with Crippen LogP contribution in [0.15, 0.2) is 29.6 Å². The van der Waals surface area contributed by atoms with Gasteiger partial charge < -0.3 is 5.73 Å². The van der Waals surface area contributed by atoms with E-state index < -0.39 is 0 Å². The van der Waals surface area contributed by atoms with Crippen LogP contribution in [0.3, 0.4) is 0 Å². The molecule has 0 aliphatic carbocycles. The average molecular weight is 260 g/mol. The fourth-order valence-corrected chi connectivity index (χ4v) is 2.29. The van der Waals surface area contributed by atoms with Crippen LogP contribution in [0.5, 0.6) is 0 Å². The number of nitrogens with two attached hydrogens (primary N) is 1. The number of anilines is 1. The molecule has 18 heavy (non-hydrogen) atoms. The number of rotatable bonds is 5. The fourth-order valence-electron chi connectivity index (χ4n) is 1.74. The zero-order chi connectivity index (χ0) is 13.0. The second kappa shape index (κ2) is 5.78. The van der Waals surface area contributed by atoms with Gasteiger partial charge in [0.25, 0.3) is 0 Å². The molecule has 1 heterocycles. The van der Waals surface area contributed by atoms with Crippen molar-refractivity contribution in [1.29, 1.82) is 0 Å². The smallest absolute Gasteiger partial charge is 0.212 e. The Kier molecular flexibility index (Phi) is 4.10. The highest BCUT2D eigenvalue weighted by Gasteiger charge is 2.12. The van der Waals surface area contributed by atoms with Gasteiger partial charge in [0.1, 0.15) is 5.69 Å². The summed E-state index contributed by atoms with van der Waals surface area (Å²) >= 11 is 1.29. The third-order valence-electron chi connectivity index (χ3n) is 2.79. The van der Waals surface area contributed by atoms with Crippen molar-refractivity contribution in [2.24, 2.45) is 0 Å². The molecule has 2 N–H and O–H groups in total. The first kappa shape index (κ1) is 12.8. The van der Waals surface area contributed by atoms with Crippen LogP contribution in [0, 0.1) is 0 Å². The summed E-state index contributed by atoms with van der Waals surface area (Å²) < 4.78 is 0. The first-order valence-corrected chi connectivity index (χ1v) is 6.93. The van der Waals surface area contributed by atoms with Crippen molar-refractivity contribution in [3.63, 3.8) is 0 Å². The highest BCUT2D eigenvalue weighted by molar-refractivity contribution is 7.13. The Labute approximate surface area is 111 Å². The third-order valence-corrected chi connectivity index (χ3v) is 3.46. The number of thiazole rings is 1. The normalized spacial score (nSPS) is 10.5. The van der Waals surface area contributed by atoms with E-state index in [1.54, 1.807) is 5.38 Å². The summed E-state index contributed by atoms with van der Waals surface area (Å²) in [6.07, 6.45) is 3.42. The number of ketones is 1. The van der Waals surface area contributed by atoms with E-state index in [-0.39, 0.29) is 5.78 Å². The molecule has 0 aliphatic heterocycles. The maximum atomic E-state index is 12.1. The van der Waals surface area contributed by atoms with Crippen LogP contribution in [0.2, 0.25) is 0 Å². The van der Waals surface area contributed by atoms with E-state index in [1.165, 1.54) is 29.7 Å². The molecule has 94 valence electrons. The Bertz CT molecular complexity index is 531. The molecule has 0 bridgehead atoms. The van der Waals surface area contributed by atoms with E-state index in [4.69, 9.17) is 5.73 Å². The van der Waals surface area contributed by atoms with Crippen molar-refractivity contribution in [3.05, 3.63) is 46.5 Å². The van der Waals surface area contributed by atoms with E-state index in [1.807, 2.05) is 24.3 Å². The van der Waals surface area contributed by atoms with Crippen LogP contribution in [0.4, 0.5) is 5.13 Å². The van der Waals surface area contributed by atoms with E-state index in [2.05, 4.69) is 11.9 Å². The quantitative estimate of drug-likeness (QED) is 0.839. The monoisotopic (exact) mass is 260 g/mol. The van der Waals surface area contributed by atoms with E-state index in [0.29, 0.717) is 16.4 Å². The van der Waals surface area contributed by atoms with Crippen molar-refractivity contribution in [2.45, 2.75) is 26.2 Å². The van der Waals surface area contributed by atoms with Crippen LogP contribution in [0.25, 0.3) is 0 Å². The number of aromatic nitrogens is 1. The lowest BCUT2D eigenvalue weighted by Crippen LogP contribution is -2.02. The molecule has 0 amide bonds. The Morgan fingerprint density at radius 3 is 2.61 bits per heavy atom. The van der Waals surface area contributed by atoms with Gasteiger partial charge in [0.05, 0.1) is 0 Å². The SMILES string of the molecule is CCCCc1ccc(C(=O)c2csc(N)n2)cc1. The summed E-state index contributed by atoms with van der Waals surface area (Å²) in [6, 6.07) is 7.75. The van der Waals surface area contributed by atoms with Gasteiger partial charge in [-0.25, -0.2) is 4.98 Å². The van der Waals surface area contributed by atoms with Gasteiger partial charge in [0, 0.05) is 10.9 Å². The molecular formula is C14H16N2OS. The maximum absolute atomic E-state index is 12.1. The molecule has 0 saturated heterocycles. The number of hydrogen-bond donors (Lipinski definition) is 1. The Balaban J connectivity index is 2.12. The number of unbranched alkanes of at least 4 members (excludes halogenated alkanes) is 1. The van der Waals surface area contributed by atoms with E-state index in [0.717, 1.165) is 6.42 Å². The van der Waals surface area contributed by atoms with Crippen molar-refractivity contribution in [3.8, 4) is 0 Å². The summed E-state index contributed by atoms with van der Waals surface area (Å²) in [6.45, 7) is 2.17. The molecule has 0 spiro atoms. The summed E-state index contributed by atoms with van der Waals surface area (Å²) in [5.41, 5.74) is 7.89. The molecule has 1 aromatic carbocycles. The molecule has 0 unspecified atom stereocenters. The van der Waals surface area contributed by atoms with Gasteiger partial charge in [-0.2, -0.15) is 0 Å². The van der Waals surface area contributed by atoms with E-state index >= 15 is 0 Å². The Morgan fingerprint density at radius 2 is 2.06 bits per heavy atom. The van der Waals surface area contributed by atoms with Gasteiger partial charge in [-0.15, -0.1) is 11.3 Å². The maximum Gasteiger partial charge on any atom is 0.212 e. The molecule has 4 heteroatoms. The Morgan fingerprint density at radius 1 is 1.33 bits per heavy atom. The number of hydrogen-bond acceptors (Lipinski definition) is 4. The van der Waals surface area contributed by atoms with Gasteiger partial charge >= 0.3 is 0 Å². The molecule has 0 radical (unpaired) electrons. The summed E-state index contributed by atoms with van der Waals surface area (Å²) in [5.74, 6) is -0.0648. The number of nitrogens with zero attached hydrogens (tertiary/aromatic N) is 1. The first-order chi connectivity index (χ1) is 8.70. The molecule has 0 atom stereocenters. The zero-order valence-corrected chi connectivity index (χ0v) is 11.2. The molecule has 1 aromatic heterocycles. The largest absolute Gasteiger partial charge is 0.375 e. The first-order valence-electron chi connectivity index (χ1n) is 6.05. The number of carbonyl (C=O) groups is 1. The molecule has 0 saturated carbocycles. The van der Waals surface area contributed by atoms with Crippen molar-refractivity contribution < 1.29 is 4.79 Å². The van der Waals surface area contributed by atoms with Gasteiger partial charge in [-0.05, 0) is 18.4 Å². The summed E-state index contributed by atoms with van der Waals surface area (Å²) in [7, 11) is 0. The second-order valence-electron chi connectivity index (χ2n) is 4.20. The van der Waals surface area contributed by atoms with Gasteiger partial charge in [-0.1, -0.05) is 37.6 Å². The van der Waals surface area contributed by atoms with Gasteiger partial charge in [-0.3, -0.25) is 4.79 Å². The second-order valence-corrected chi connectivity index (χ2v) is 5.09. The minimum absolute atomic E-state index is 0.0648. The van der Waals surface area contributed by atoms with Crippen molar-refractivity contribution >= 4 is 22.3 Å². The van der Waals surface area contributed by atoms with Crippen LogP contribution in [0.1, 0.15) is 41.4 Å². The zero-order valence-electron chi connectivity index (χ0n) is 10.3. The minimum atomic E-state index is -0.0648. The van der Waals surface area contributed by atoms with Crippen LogP contribution >= 0.6 is 11.3 Å². The topological polar surface area (TPSA) is 56.0 Å². The predicted octanol–water partition coefficient (Wildman–Crippen LogP) is 3.30. The summed E-state index contributed by atoms with van der Waals surface area (Å²) in [5, 5.41) is 2.13. The van der Waals surface area contributed by atoms with Crippen LogP contribution < -0.4 is 5.73 Å². The molecule has 0 aliphatic rings. The van der Waals surface area contributed by atoms with Crippen LogP contribution in [-0.2, 0) is 6.42 Å². The molecule has 2 rings (SSSR count). The standard InChI is InChI=1S/C14H16N2OS/c1-2-3-4-10-5-7-11(8-6-10)13(17)12-9-18-14(15)16-12/h5-9H,2-4H2,1H3,(H2,15,16). The Hall–Kier alpha value is -1.68. The lowest BCUT2D eigenvalue weighted by Gasteiger charge is -2.01. The van der Waals surface area contributed by atoms with Crippen molar-refractivity contribution in [1.82, 2.24) is 4.98 Å². The van der Waals surface area contributed by atoms with Crippen molar-refractivity contribution in [2.75, 3.05) is 5.73 Å². The van der Waals surface area contributed by atoms with E-state index in [9.17, 15) is 4.79 Å². The molecule has 3 nitrogen and oxygen atoms in total. The lowest BCUT2D eigenvalue weighted by molar-refractivity contribution is 0.103. The fraction of sp³-hybridized carbons (Fsp3) is 0.286. The average Bonchev–Trinajstić information content (AvgIpc) is 2.83. The lowest BCUT2D eigenvalue weighted by atomic mass is 10.0. The van der Waals surface area contributed by atoms with Gasteiger partial charge in [0.2, 0.25) is 5.78 Å². The number of carbonyl (C=O) groups excluding carboxylic acids is 1. The third kappa shape index (κ3) is 2.96. The number of benzene rings is 1. The number of nitrogen functional groups attached to an aromatic ring is 1. The molecule has 2 aromatic rings. The molecular weight excluding hydrogens is 244 g/mol. The minimum Gasteiger partial charge on any atom is -0.375 e. The highest BCUT2D eigenvalue weighted by Crippen LogP contribution is 2.16. The highest BCUT2D eigenvalue weighted by atomic mass is 32.1.